The summed E-state index contributed by atoms with van der Waals surface area (Å²) < 4.78 is 33.7. The van der Waals surface area contributed by atoms with Gasteiger partial charge in [0.15, 0.2) is 0 Å². The van der Waals surface area contributed by atoms with Crippen LogP contribution in [0.2, 0.25) is 5.02 Å². The zero-order valence-corrected chi connectivity index (χ0v) is 20.5. The molecule has 0 atom stereocenters. The molecule has 0 saturated carbocycles. The van der Waals surface area contributed by atoms with E-state index in [1.807, 2.05) is 67.6 Å². The number of hydrogen-bond donors (Lipinski definition) is 0. The molecule has 8 heteroatoms. The Bertz CT molecular complexity index is 1490. The first-order valence-electron chi connectivity index (χ1n) is 10.9. The minimum Gasteiger partial charge on any atom is -0.494 e. The monoisotopic (exact) mass is 503 g/mol. The standard InChI is InChI=1S/C27H22ClN3O3S/c1-2-16-34-24-12-8-20(9-13-24)27-21(19-31(30-27)23-6-4-3-5-7-23)17-26(18-29)35(32,33)25-14-10-22(28)11-15-25/h3-15,17,19H,2,16H2,1H3. The van der Waals surface area contributed by atoms with Crippen LogP contribution >= 0.6 is 11.6 Å². The fraction of sp³-hybridized carbons (Fsp3) is 0.111. The number of ether oxygens (including phenoxy) is 1. The number of benzene rings is 3. The highest BCUT2D eigenvalue weighted by atomic mass is 35.5. The third-order valence-corrected chi connectivity index (χ3v) is 7.11. The number of sulfone groups is 1. The molecule has 4 aromatic rings. The Kier molecular flexibility index (Phi) is 7.35. The maximum atomic E-state index is 13.2. The molecule has 0 aliphatic heterocycles. The SMILES string of the molecule is CCCOc1ccc(-c2nn(-c3ccccc3)cc2C=C(C#N)S(=O)(=O)c2ccc(Cl)cc2)cc1. The van der Waals surface area contributed by atoms with Gasteiger partial charge in [0.1, 0.15) is 22.4 Å². The smallest absolute Gasteiger partial charge is 0.216 e. The van der Waals surface area contributed by atoms with Crippen molar-refractivity contribution in [3.8, 4) is 28.8 Å². The molecular formula is C27H22ClN3O3S. The van der Waals surface area contributed by atoms with E-state index < -0.39 is 14.7 Å². The van der Waals surface area contributed by atoms with Crippen LogP contribution in [0, 0.1) is 11.3 Å². The summed E-state index contributed by atoms with van der Waals surface area (Å²) in [5.41, 5.74) is 2.59. The number of nitriles is 1. The summed E-state index contributed by atoms with van der Waals surface area (Å²) in [5.74, 6) is 0.734. The van der Waals surface area contributed by atoms with Gasteiger partial charge in [-0.25, -0.2) is 13.1 Å². The molecule has 0 aliphatic carbocycles. The van der Waals surface area contributed by atoms with E-state index in [-0.39, 0.29) is 4.90 Å². The van der Waals surface area contributed by atoms with Gasteiger partial charge in [0.2, 0.25) is 9.84 Å². The fourth-order valence-corrected chi connectivity index (χ4v) is 4.69. The van der Waals surface area contributed by atoms with Crippen LogP contribution in [0.15, 0.2) is 94.9 Å². The third kappa shape index (κ3) is 5.46. The van der Waals surface area contributed by atoms with E-state index in [0.29, 0.717) is 22.9 Å². The number of rotatable bonds is 8. The lowest BCUT2D eigenvalue weighted by Gasteiger charge is -2.06. The van der Waals surface area contributed by atoms with Gasteiger partial charge in [-0.1, -0.05) is 36.7 Å². The molecule has 1 aromatic heterocycles. The molecule has 4 rings (SSSR count). The van der Waals surface area contributed by atoms with Crippen LogP contribution in [0.4, 0.5) is 0 Å². The van der Waals surface area contributed by atoms with Crippen LogP contribution in [-0.2, 0) is 9.84 Å². The van der Waals surface area contributed by atoms with Gasteiger partial charge in [0, 0.05) is 22.3 Å². The van der Waals surface area contributed by atoms with Crippen LogP contribution in [0.3, 0.4) is 0 Å². The Labute approximate surface area is 209 Å². The van der Waals surface area contributed by atoms with Gasteiger partial charge in [-0.15, -0.1) is 0 Å². The number of para-hydroxylation sites is 1. The number of allylic oxidation sites excluding steroid dienone is 1. The van der Waals surface area contributed by atoms with E-state index in [9.17, 15) is 13.7 Å². The van der Waals surface area contributed by atoms with Gasteiger partial charge in [0.25, 0.3) is 0 Å². The third-order valence-electron chi connectivity index (χ3n) is 5.17. The van der Waals surface area contributed by atoms with Gasteiger partial charge in [-0.2, -0.15) is 10.4 Å². The van der Waals surface area contributed by atoms with E-state index in [2.05, 4.69) is 0 Å². The topological polar surface area (TPSA) is 85.0 Å². The lowest BCUT2D eigenvalue weighted by molar-refractivity contribution is 0.317. The summed E-state index contributed by atoms with van der Waals surface area (Å²) in [4.78, 5) is -0.402. The maximum Gasteiger partial charge on any atom is 0.216 e. The molecule has 0 N–H and O–H groups in total. The van der Waals surface area contributed by atoms with Gasteiger partial charge < -0.3 is 4.74 Å². The molecule has 6 nitrogen and oxygen atoms in total. The lowest BCUT2D eigenvalue weighted by atomic mass is 10.1. The number of hydrogen-bond acceptors (Lipinski definition) is 5. The van der Waals surface area contributed by atoms with Crippen LogP contribution < -0.4 is 4.74 Å². The van der Waals surface area contributed by atoms with Crippen molar-refractivity contribution in [3.63, 3.8) is 0 Å². The quantitative estimate of drug-likeness (QED) is 0.263. The summed E-state index contributed by atoms with van der Waals surface area (Å²) >= 11 is 5.90. The highest BCUT2D eigenvalue weighted by molar-refractivity contribution is 7.95. The van der Waals surface area contributed by atoms with E-state index >= 15 is 0 Å². The van der Waals surface area contributed by atoms with Crippen LogP contribution in [0.5, 0.6) is 5.75 Å². The van der Waals surface area contributed by atoms with Crippen molar-refractivity contribution in [3.05, 3.63) is 101 Å². The second-order valence-electron chi connectivity index (χ2n) is 7.66. The fourth-order valence-electron chi connectivity index (χ4n) is 3.41. The van der Waals surface area contributed by atoms with Crippen LogP contribution in [0.1, 0.15) is 18.9 Å². The molecule has 0 aliphatic rings. The Morgan fingerprint density at radius 1 is 1.06 bits per heavy atom. The van der Waals surface area contributed by atoms with Crippen molar-refractivity contribution in [1.29, 1.82) is 5.26 Å². The summed E-state index contributed by atoms with van der Waals surface area (Å²) in [6.07, 6.45) is 3.96. The van der Waals surface area contributed by atoms with E-state index in [0.717, 1.165) is 23.4 Å². The molecule has 0 unspecified atom stereocenters. The molecule has 0 radical (unpaired) electrons. The van der Waals surface area contributed by atoms with Crippen LogP contribution in [0.25, 0.3) is 23.0 Å². The summed E-state index contributed by atoms with van der Waals surface area (Å²) in [6.45, 7) is 2.65. The highest BCUT2D eigenvalue weighted by Crippen LogP contribution is 2.30. The normalized spacial score (nSPS) is 11.7. The van der Waals surface area contributed by atoms with Gasteiger partial charge in [-0.3, -0.25) is 0 Å². The molecule has 0 bridgehead atoms. The first-order valence-corrected chi connectivity index (χ1v) is 12.8. The molecule has 0 saturated heterocycles. The summed E-state index contributed by atoms with van der Waals surface area (Å²) in [6, 6.07) is 24.4. The predicted octanol–water partition coefficient (Wildman–Crippen LogP) is 6.32. The van der Waals surface area contributed by atoms with E-state index in [1.54, 1.807) is 10.9 Å². The lowest BCUT2D eigenvalue weighted by Crippen LogP contribution is -2.03. The van der Waals surface area contributed by atoms with Crippen LogP contribution in [-0.4, -0.2) is 24.8 Å². The minimum absolute atomic E-state index is 0.0101. The number of halogens is 1. The maximum absolute atomic E-state index is 13.2. The Morgan fingerprint density at radius 2 is 1.74 bits per heavy atom. The average molecular weight is 504 g/mol. The first kappa shape index (κ1) is 24.3. The molecule has 3 aromatic carbocycles. The molecular weight excluding hydrogens is 482 g/mol. The largest absolute Gasteiger partial charge is 0.494 e. The minimum atomic E-state index is -4.05. The Morgan fingerprint density at radius 3 is 2.37 bits per heavy atom. The number of nitrogens with zero attached hydrogens (tertiary/aromatic N) is 3. The molecule has 176 valence electrons. The molecule has 0 spiro atoms. The van der Waals surface area contributed by atoms with Crippen molar-refractivity contribution in [1.82, 2.24) is 9.78 Å². The summed E-state index contributed by atoms with van der Waals surface area (Å²) in [7, 11) is -4.05. The van der Waals surface area contributed by atoms with E-state index in [1.165, 1.54) is 30.3 Å². The van der Waals surface area contributed by atoms with Gasteiger partial charge in [-0.05, 0) is 73.2 Å². The summed E-state index contributed by atoms with van der Waals surface area (Å²) in [5, 5.41) is 14.9. The second kappa shape index (κ2) is 10.6. The Balaban J connectivity index is 1.82. The highest BCUT2D eigenvalue weighted by Gasteiger charge is 2.22. The van der Waals surface area contributed by atoms with Crippen molar-refractivity contribution >= 4 is 27.5 Å². The van der Waals surface area contributed by atoms with Crippen molar-refractivity contribution < 1.29 is 13.2 Å². The number of aromatic nitrogens is 2. The zero-order valence-electron chi connectivity index (χ0n) is 18.9. The second-order valence-corrected chi connectivity index (χ2v) is 10.0. The van der Waals surface area contributed by atoms with Gasteiger partial charge >= 0.3 is 0 Å². The molecule has 1 heterocycles. The molecule has 35 heavy (non-hydrogen) atoms. The zero-order chi connectivity index (χ0) is 24.8. The molecule has 0 amide bonds. The van der Waals surface area contributed by atoms with Crippen molar-refractivity contribution in [2.75, 3.05) is 6.61 Å². The van der Waals surface area contributed by atoms with Crippen molar-refractivity contribution in [2.24, 2.45) is 0 Å². The average Bonchev–Trinajstić information content (AvgIpc) is 3.31. The van der Waals surface area contributed by atoms with Gasteiger partial charge in [0.05, 0.1) is 17.2 Å². The first-order chi connectivity index (χ1) is 16.9. The predicted molar refractivity (Wildman–Crippen MR) is 137 cm³/mol. The van der Waals surface area contributed by atoms with Crippen molar-refractivity contribution in [2.45, 2.75) is 18.2 Å². The van der Waals surface area contributed by atoms with E-state index in [4.69, 9.17) is 21.4 Å². The molecule has 0 fully saturated rings. The Hall–Kier alpha value is -3.86.